The van der Waals surface area contributed by atoms with Crippen LogP contribution in [0.2, 0.25) is 5.02 Å². The van der Waals surface area contributed by atoms with E-state index >= 15 is 0 Å². The molecular formula is C18H20ClN3O. The Hall–Kier alpha value is -2.07. The maximum absolute atomic E-state index is 6.40. The molecule has 3 aromatic rings. The van der Waals surface area contributed by atoms with Crippen molar-refractivity contribution in [1.82, 2.24) is 14.6 Å². The molecule has 0 saturated heterocycles. The lowest BCUT2D eigenvalue weighted by atomic mass is 9.92. The molecule has 0 unspecified atom stereocenters. The summed E-state index contributed by atoms with van der Waals surface area (Å²) < 4.78 is 7.26. The molecule has 0 atom stereocenters. The van der Waals surface area contributed by atoms with Gasteiger partial charge in [0.25, 0.3) is 0 Å². The number of rotatable bonds is 2. The van der Waals surface area contributed by atoms with Gasteiger partial charge in [0.2, 0.25) is 5.88 Å². The molecule has 0 radical (unpaired) electrons. The summed E-state index contributed by atoms with van der Waals surface area (Å²) in [5.74, 6) is 0.668. The predicted octanol–water partition coefficient (Wildman–Crippen LogP) is 4.66. The number of ether oxygens (including phenoxy) is 1. The molecule has 0 fully saturated rings. The Bertz CT molecular complexity index is 878. The van der Waals surface area contributed by atoms with Crippen molar-refractivity contribution in [2.45, 2.75) is 33.1 Å². The standard InChI is InChI=1S/C18H20ClN3O/c1-11-16(12-8-6-7-9-13(12)19)17-20-14(18(2,3)4)10-15(23-5)22(17)21-11/h6-10H,1-5H3. The van der Waals surface area contributed by atoms with E-state index in [1.165, 1.54) is 0 Å². The minimum absolute atomic E-state index is 0.0923. The fraction of sp³-hybridized carbons (Fsp3) is 0.333. The molecule has 1 aromatic carbocycles. The maximum Gasteiger partial charge on any atom is 0.218 e. The number of hydrogen-bond acceptors (Lipinski definition) is 3. The summed E-state index contributed by atoms with van der Waals surface area (Å²) in [7, 11) is 1.65. The molecule has 3 rings (SSSR count). The van der Waals surface area contributed by atoms with Gasteiger partial charge in [-0.15, -0.1) is 0 Å². The number of hydrogen-bond donors (Lipinski definition) is 0. The minimum Gasteiger partial charge on any atom is -0.481 e. The fourth-order valence-electron chi connectivity index (χ4n) is 2.61. The van der Waals surface area contributed by atoms with Gasteiger partial charge in [0.15, 0.2) is 5.65 Å². The summed E-state index contributed by atoms with van der Waals surface area (Å²) in [5, 5.41) is 5.28. The molecule has 0 spiro atoms. The fourth-order valence-corrected chi connectivity index (χ4v) is 2.84. The quantitative estimate of drug-likeness (QED) is 0.686. The normalized spacial score (nSPS) is 11.9. The largest absolute Gasteiger partial charge is 0.481 e. The van der Waals surface area contributed by atoms with E-state index in [0.29, 0.717) is 10.9 Å². The van der Waals surface area contributed by atoms with Gasteiger partial charge in [0.1, 0.15) is 0 Å². The van der Waals surface area contributed by atoms with Gasteiger partial charge in [-0.1, -0.05) is 50.6 Å². The van der Waals surface area contributed by atoms with Crippen LogP contribution in [0.15, 0.2) is 30.3 Å². The van der Waals surface area contributed by atoms with Crippen LogP contribution >= 0.6 is 11.6 Å². The zero-order valence-electron chi connectivity index (χ0n) is 14.0. The van der Waals surface area contributed by atoms with Gasteiger partial charge in [-0.05, 0) is 13.0 Å². The van der Waals surface area contributed by atoms with Gasteiger partial charge < -0.3 is 4.74 Å². The first-order valence-corrected chi connectivity index (χ1v) is 7.90. The van der Waals surface area contributed by atoms with Crippen molar-refractivity contribution in [3.63, 3.8) is 0 Å². The smallest absolute Gasteiger partial charge is 0.218 e. The van der Waals surface area contributed by atoms with Crippen LogP contribution in [0.5, 0.6) is 5.88 Å². The lowest BCUT2D eigenvalue weighted by Gasteiger charge is -2.19. The first kappa shape index (κ1) is 15.8. The third-order valence-electron chi connectivity index (χ3n) is 3.85. The van der Waals surface area contributed by atoms with Crippen LogP contribution in [-0.4, -0.2) is 21.7 Å². The number of fused-ring (bicyclic) bond motifs is 1. The predicted molar refractivity (Wildman–Crippen MR) is 93.4 cm³/mol. The maximum atomic E-state index is 6.40. The van der Waals surface area contributed by atoms with Gasteiger partial charge in [0, 0.05) is 22.1 Å². The Kier molecular flexibility index (Phi) is 3.80. The van der Waals surface area contributed by atoms with Crippen LogP contribution in [0.1, 0.15) is 32.2 Å². The lowest BCUT2D eigenvalue weighted by Crippen LogP contribution is -2.15. The van der Waals surface area contributed by atoms with E-state index in [0.717, 1.165) is 28.2 Å². The Labute approximate surface area is 141 Å². The van der Waals surface area contributed by atoms with Gasteiger partial charge >= 0.3 is 0 Å². The molecule has 0 aliphatic heterocycles. The van der Waals surface area contributed by atoms with Crippen molar-refractivity contribution in [2.75, 3.05) is 7.11 Å². The lowest BCUT2D eigenvalue weighted by molar-refractivity contribution is 0.381. The van der Waals surface area contributed by atoms with Gasteiger partial charge in [0.05, 0.1) is 24.1 Å². The number of aryl methyl sites for hydroxylation is 1. The average molecular weight is 330 g/mol. The molecule has 0 saturated carbocycles. The number of methoxy groups -OCH3 is 1. The summed E-state index contributed by atoms with van der Waals surface area (Å²) in [6.45, 7) is 8.35. The monoisotopic (exact) mass is 329 g/mol. The van der Waals surface area contributed by atoms with Gasteiger partial charge in [-0.3, -0.25) is 0 Å². The number of benzene rings is 1. The summed E-state index contributed by atoms with van der Waals surface area (Å²) >= 11 is 6.40. The zero-order chi connectivity index (χ0) is 16.8. The van der Waals surface area contributed by atoms with Crippen molar-refractivity contribution < 1.29 is 4.74 Å². The van der Waals surface area contributed by atoms with E-state index in [1.54, 1.807) is 11.6 Å². The second kappa shape index (κ2) is 5.53. The van der Waals surface area contributed by atoms with E-state index < -0.39 is 0 Å². The Morgan fingerprint density at radius 3 is 2.48 bits per heavy atom. The summed E-state index contributed by atoms with van der Waals surface area (Å²) in [4.78, 5) is 4.86. The van der Waals surface area contributed by atoms with Gasteiger partial charge in [-0.25, -0.2) is 4.98 Å². The highest BCUT2D eigenvalue weighted by molar-refractivity contribution is 6.33. The molecule has 0 amide bonds. The molecule has 0 aliphatic carbocycles. The highest BCUT2D eigenvalue weighted by atomic mass is 35.5. The van der Waals surface area contributed by atoms with Crippen LogP contribution in [0.4, 0.5) is 0 Å². The number of nitrogens with zero attached hydrogens (tertiary/aromatic N) is 3. The van der Waals surface area contributed by atoms with Crippen molar-refractivity contribution in [2.24, 2.45) is 0 Å². The zero-order valence-corrected chi connectivity index (χ0v) is 14.8. The molecular weight excluding hydrogens is 310 g/mol. The Morgan fingerprint density at radius 2 is 1.87 bits per heavy atom. The Morgan fingerprint density at radius 1 is 1.17 bits per heavy atom. The van der Waals surface area contributed by atoms with Gasteiger partial charge in [-0.2, -0.15) is 9.61 Å². The molecule has 2 heterocycles. The van der Waals surface area contributed by atoms with E-state index in [9.17, 15) is 0 Å². The van der Waals surface area contributed by atoms with E-state index in [4.69, 9.17) is 21.3 Å². The minimum atomic E-state index is -0.0923. The van der Waals surface area contributed by atoms with Crippen LogP contribution < -0.4 is 4.74 Å². The first-order valence-electron chi connectivity index (χ1n) is 7.52. The highest BCUT2D eigenvalue weighted by Crippen LogP contribution is 2.35. The van der Waals surface area contributed by atoms with Crippen molar-refractivity contribution >= 4 is 17.2 Å². The third-order valence-corrected chi connectivity index (χ3v) is 4.18. The topological polar surface area (TPSA) is 39.4 Å². The Balaban J connectivity index is 2.39. The van der Waals surface area contributed by atoms with Crippen LogP contribution in [0.3, 0.4) is 0 Å². The molecule has 5 heteroatoms. The van der Waals surface area contributed by atoms with E-state index in [-0.39, 0.29) is 5.41 Å². The van der Waals surface area contributed by atoms with Crippen LogP contribution in [0, 0.1) is 6.92 Å². The number of aromatic nitrogens is 3. The summed E-state index contributed by atoms with van der Waals surface area (Å²) in [6, 6.07) is 9.70. The summed E-state index contributed by atoms with van der Waals surface area (Å²) in [5.41, 5.74) is 4.37. The SMILES string of the molecule is COc1cc(C(C)(C)C)nc2c(-c3ccccc3Cl)c(C)nn12. The molecule has 2 aromatic heterocycles. The average Bonchev–Trinajstić information content (AvgIpc) is 2.82. The molecule has 4 nitrogen and oxygen atoms in total. The van der Waals surface area contributed by atoms with Crippen molar-refractivity contribution in [3.05, 3.63) is 46.7 Å². The molecule has 0 aliphatic rings. The molecule has 0 bridgehead atoms. The third kappa shape index (κ3) is 2.68. The number of halogens is 1. The van der Waals surface area contributed by atoms with E-state index in [2.05, 4.69) is 25.9 Å². The van der Waals surface area contributed by atoms with Crippen LogP contribution in [0.25, 0.3) is 16.8 Å². The molecule has 120 valence electrons. The highest BCUT2D eigenvalue weighted by Gasteiger charge is 2.23. The molecule has 0 N–H and O–H groups in total. The second-order valence-corrected chi connectivity index (χ2v) is 7.02. The van der Waals surface area contributed by atoms with Crippen LogP contribution in [-0.2, 0) is 5.41 Å². The summed E-state index contributed by atoms with van der Waals surface area (Å²) in [6.07, 6.45) is 0. The van der Waals surface area contributed by atoms with Crippen molar-refractivity contribution in [3.8, 4) is 17.0 Å². The molecule has 23 heavy (non-hydrogen) atoms. The van der Waals surface area contributed by atoms with Crippen molar-refractivity contribution in [1.29, 1.82) is 0 Å². The first-order chi connectivity index (χ1) is 10.8. The second-order valence-electron chi connectivity index (χ2n) is 6.61. The van der Waals surface area contributed by atoms with E-state index in [1.807, 2.05) is 37.3 Å².